The number of hydrogen-bond donors (Lipinski definition) is 1. The molecule has 1 amide bonds. The molecular formula is C18H17N5O. The lowest BCUT2D eigenvalue weighted by Gasteiger charge is -2.23. The molecule has 0 atom stereocenters. The fourth-order valence-electron chi connectivity index (χ4n) is 2.61. The van der Waals surface area contributed by atoms with Crippen molar-refractivity contribution in [3.63, 3.8) is 0 Å². The van der Waals surface area contributed by atoms with Crippen LogP contribution in [0.4, 0.5) is 17.3 Å². The largest absolute Gasteiger partial charge is 0.318 e. The minimum absolute atomic E-state index is 0.117. The number of aromatic nitrogens is 2. The fourth-order valence-corrected chi connectivity index (χ4v) is 2.61. The molecule has 4 rings (SSSR count). The molecule has 1 fully saturated rings. The Morgan fingerprint density at radius 1 is 1.33 bits per heavy atom. The molecule has 3 heterocycles. The molecule has 6 nitrogen and oxygen atoms in total. The molecule has 0 unspecified atom stereocenters. The number of aryl methyl sites for hydroxylation is 1. The molecule has 0 bridgehead atoms. The Balaban J connectivity index is 0.000000383. The number of amides is 1. The first-order chi connectivity index (χ1) is 11.7. The summed E-state index contributed by atoms with van der Waals surface area (Å²) in [4.78, 5) is 23.4. The van der Waals surface area contributed by atoms with Gasteiger partial charge in [0.15, 0.2) is 5.82 Å². The van der Waals surface area contributed by atoms with E-state index in [1.807, 2.05) is 19.1 Å². The minimum atomic E-state index is -0.117. The standard InChI is InChI=1S/C15H14N4O.C3H3N/c1-9-6-8-17-14-12(9)18-15(20)11-3-2-7-16-13(11)19(14)10-4-5-10;1-2-3-4/h2-3,6-8,10H,4-5H2,1H3,(H,18,20);2H,1H2. The first-order valence-electron chi connectivity index (χ1n) is 7.69. The number of hydrogen-bond acceptors (Lipinski definition) is 5. The van der Waals surface area contributed by atoms with Gasteiger partial charge < -0.3 is 10.2 Å². The second-order valence-electron chi connectivity index (χ2n) is 5.59. The molecular weight excluding hydrogens is 302 g/mol. The fraction of sp³-hybridized carbons (Fsp3) is 0.222. The second kappa shape index (κ2) is 6.50. The van der Waals surface area contributed by atoms with Crippen molar-refractivity contribution in [2.75, 3.05) is 10.2 Å². The van der Waals surface area contributed by atoms with E-state index in [1.165, 1.54) is 6.08 Å². The molecule has 1 N–H and O–H groups in total. The molecule has 1 saturated carbocycles. The topological polar surface area (TPSA) is 81.9 Å². The van der Waals surface area contributed by atoms with Crippen LogP contribution in [0.15, 0.2) is 43.2 Å². The van der Waals surface area contributed by atoms with E-state index in [-0.39, 0.29) is 5.91 Å². The maximum absolute atomic E-state index is 12.4. The number of nitrogens with zero attached hydrogens (tertiary/aromatic N) is 4. The first-order valence-corrected chi connectivity index (χ1v) is 7.69. The molecule has 120 valence electrons. The summed E-state index contributed by atoms with van der Waals surface area (Å²) in [5.41, 5.74) is 2.42. The van der Waals surface area contributed by atoms with Crippen LogP contribution in [-0.2, 0) is 0 Å². The zero-order valence-electron chi connectivity index (χ0n) is 13.4. The van der Waals surface area contributed by atoms with Crippen LogP contribution in [0.1, 0.15) is 28.8 Å². The number of nitriles is 1. The Hall–Kier alpha value is -3.20. The average Bonchev–Trinajstić information content (AvgIpc) is 3.43. The van der Waals surface area contributed by atoms with Gasteiger partial charge in [-0.25, -0.2) is 9.97 Å². The summed E-state index contributed by atoms with van der Waals surface area (Å²) < 4.78 is 0. The third-order valence-electron chi connectivity index (χ3n) is 3.87. The number of carbonyl (C=O) groups excluding carboxylic acids is 1. The van der Waals surface area contributed by atoms with E-state index < -0.39 is 0 Å². The predicted molar refractivity (Wildman–Crippen MR) is 92.1 cm³/mol. The zero-order chi connectivity index (χ0) is 17.1. The van der Waals surface area contributed by atoms with Crippen molar-refractivity contribution in [3.05, 3.63) is 54.4 Å². The van der Waals surface area contributed by atoms with Crippen molar-refractivity contribution in [2.24, 2.45) is 0 Å². The SMILES string of the molecule is C=CC#N.Cc1ccnc2c1NC(=O)c1cccnc1N2C1CC1. The summed E-state index contributed by atoms with van der Waals surface area (Å²) in [5.74, 6) is 1.40. The van der Waals surface area contributed by atoms with E-state index in [0.717, 1.165) is 29.9 Å². The van der Waals surface area contributed by atoms with Crippen LogP contribution >= 0.6 is 0 Å². The maximum Gasteiger partial charge on any atom is 0.259 e. The van der Waals surface area contributed by atoms with Crippen molar-refractivity contribution in [3.8, 4) is 6.07 Å². The molecule has 0 aromatic carbocycles. The number of allylic oxidation sites excluding steroid dienone is 1. The van der Waals surface area contributed by atoms with Gasteiger partial charge in [0, 0.05) is 24.5 Å². The quantitative estimate of drug-likeness (QED) is 0.815. The third-order valence-corrected chi connectivity index (χ3v) is 3.87. The van der Waals surface area contributed by atoms with Crippen LogP contribution in [0.3, 0.4) is 0 Å². The van der Waals surface area contributed by atoms with E-state index in [9.17, 15) is 4.79 Å². The molecule has 1 aliphatic carbocycles. The Bertz CT molecular complexity index is 836. The predicted octanol–water partition coefficient (Wildman–Crippen LogP) is 3.35. The van der Waals surface area contributed by atoms with Crippen LogP contribution in [0, 0.1) is 18.3 Å². The Morgan fingerprint density at radius 3 is 2.71 bits per heavy atom. The highest BCUT2D eigenvalue weighted by atomic mass is 16.1. The highest BCUT2D eigenvalue weighted by molar-refractivity contribution is 6.11. The molecule has 2 aliphatic rings. The lowest BCUT2D eigenvalue weighted by Crippen LogP contribution is -2.22. The lowest BCUT2D eigenvalue weighted by molar-refractivity contribution is 0.102. The minimum Gasteiger partial charge on any atom is -0.318 e. The lowest BCUT2D eigenvalue weighted by atomic mass is 10.2. The van der Waals surface area contributed by atoms with Gasteiger partial charge in [-0.05, 0) is 43.5 Å². The van der Waals surface area contributed by atoms with E-state index in [4.69, 9.17) is 5.26 Å². The van der Waals surface area contributed by atoms with E-state index in [0.29, 0.717) is 17.4 Å². The van der Waals surface area contributed by atoms with E-state index in [1.54, 1.807) is 24.5 Å². The normalized spacial score (nSPS) is 14.8. The highest BCUT2D eigenvalue weighted by Gasteiger charge is 2.37. The number of pyridine rings is 2. The zero-order valence-corrected chi connectivity index (χ0v) is 13.4. The molecule has 1 aliphatic heterocycles. The van der Waals surface area contributed by atoms with E-state index >= 15 is 0 Å². The van der Waals surface area contributed by atoms with Crippen molar-refractivity contribution in [1.82, 2.24) is 9.97 Å². The van der Waals surface area contributed by atoms with Gasteiger partial charge in [-0.1, -0.05) is 6.58 Å². The van der Waals surface area contributed by atoms with Crippen molar-refractivity contribution in [1.29, 1.82) is 5.26 Å². The summed E-state index contributed by atoms with van der Waals surface area (Å²) in [5, 5.41) is 10.5. The van der Waals surface area contributed by atoms with Gasteiger partial charge >= 0.3 is 0 Å². The highest BCUT2D eigenvalue weighted by Crippen LogP contribution is 2.43. The van der Waals surface area contributed by atoms with Crippen LogP contribution in [-0.4, -0.2) is 21.9 Å². The van der Waals surface area contributed by atoms with Gasteiger partial charge in [0.2, 0.25) is 0 Å². The van der Waals surface area contributed by atoms with Crippen molar-refractivity contribution >= 4 is 23.2 Å². The van der Waals surface area contributed by atoms with Gasteiger partial charge in [0.25, 0.3) is 5.91 Å². The molecule has 2 aromatic heterocycles. The van der Waals surface area contributed by atoms with Crippen molar-refractivity contribution < 1.29 is 4.79 Å². The molecule has 2 aromatic rings. The Kier molecular flexibility index (Phi) is 4.25. The Morgan fingerprint density at radius 2 is 2.04 bits per heavy atom. The summed E-state index contributed by atoms with van der Waals surface area (Å²) in [6.45, 7) is 5.10. The summed E-state index contributed by atoms with van der Waals surface area (Å²) >= 11 is 0. The van der Waals surface area contributed by atoms with E-state index in [2.05, 4.69) is 26.8 Å². The number of nitrogens with one attached hydrogen (secondary N) is 1. The first kappa shape index (κ1) is 15.7. The number of rotatable bonds is 1. The average molecular weight is 319 g/mol. The summed E-state index contributed by atoms with van der Waals surface area (Å²) in [6, 6.07) is 7.60. The number of carbonyl (C=O) groups is 1. The van der Waals surface area contributed by atoms with Crippen LogP contribution < -0.4 is 10.2 Å². The molecule has 6 heteroatoms. The number of fused-ring (bicyclic) bond motifs is 2. The van der Waals surface area contributed by atoms with Crippen LogP contribution in [0.25, 0.3) is 0 Å². The van der Waals surface area contributed by atoms with Gasteiger partial charge in [-0.15, -0.1) is 0 Å². The molecule has 24 heavy (non-hydrogen) atoms. The monoisotopic (exact) mass is 319 g/mol. The van der Waals surface area contributed by atoms with Crippen LogP contribution in [0.5, 0.6) is 0 Å². The number of anilines is 3. The van der Waals surface area contributed by atoms with Gasteiger partial charge in [-0.2, -0.15) is 5.26 Å². The summed E-state index contributed by atoms with van der Waals surface area (Å²) in [7, 11) is 0. The molecule has 0 spiro atoms. The van der Waals surface area contributed by atoms with Crippen LogP contribution in [0.2, 0.25) is 0 Å². The van der Waals surface area contributed by atoms with Crippen molar-refractivity contribution in [2.45, 2.75) is 25.8 Å². The van der Waals surface area contributed by atoms with Gasteiger partial charge in [0.05, 0.1) is 17.3 Å². The smallest absolute Gasteiger partial charge is 0.259 e. The summed E-state index contributed by atoms with van der Waals surface area (Å²) in [6.07, 6.45) is 6.91. The Labute approximate surface area is 140 Å². The van der Waals surface area contributed by atoms with Gasteiger partial charge in [0.1, 0.15) is 5.82 Å². The maximum atomic E-state index is 12.4. The molecule has 0 saturated heterocycles. The molecule has 0 radical (unpaired) electrons. The third kappa shape index (κ3) is 2.84. The van der Waals surface area contributed by atoms with Gasteiger partial charge in [-0.3, -0.25) is 4.79 Å². The second-order valence-corrected chi connectivity index (χ2v) is 5.59.